The van der Waals surface area contributed by atoms with E-state index in [1.165, 1.54) is 20.8 Å². The average Bonchev–Trinajstić information content (AvgIpc) is 2.64. The maximum absolute atomic E-state index is 11.7. The SMILES string of the molecule is CC(=O)O[C@H]1O[C@@H]2COC(c3ccccc3)O[C@H]2[C@H](OC(C)=O)[C@@H]1OC(C)=O. The minimum absolute atomic E-state index is 0.104. The number of hydrogen-bond acceptors (Lipinski definition) is 9. The lowest BCUT2D eigenvalue weighted by molar-refractivity contribution is -0.356. The monoisotopic (exact) mass is 394 g/mol. The molecule has 0 spiro atoms. The molecule has 0 aliphatic carbocycles. The molecule has 9 nitrogen and oxygen atoms in total. The molecule has 1 aromatic carbocycles. The molecule has 9 heteroatoms. The molecule has 0 radical (unpaired) electrons. The number of ether oxygens (including phenoxy) is 6. The Hall–Kier alpha value is -2.49. The molecule has 2 heterocycles. The number of rotatable bonds is 4. The van der Waals surface area contributed by atoms with E-state index in [0.717, 1.165) is 5.56 Å². The second-order valence-electron chi connectivity index (χ2n) is 6.48. The van der Waals surface area contributed by atoms with Gasteiger partial charge in [0.1, 0.15) is 12.2 Å². The predicted molar refractivity (Wildman–Crippen MR) is 91.5 cm³/mol. The van der Waals surface area contributed by atoms with Gasteiger partial charge in [-0.3, -0.25) is 14.4 Å². The summed E-state index contributed by atoms with van der Waals surface area (Å²) in [6.07, 6.45) is -5.68. The molecule has 6 atom stereocenters. The number of carbonyl (C=O) groups is 3. The number of benzene rings is 1. The van der Waals surface area contributed by atoms with Crippen LogP contribution >= 0.6 is 0 Å². The van der Waals surface area contributed by atoms with Crippen molar-refractivity contribution in [3.8, 4) is 0 Å². The molecule has 2 aliphatic heterocycles. The first kappa shape index (κ1) is 20.2. The number of hydrogen-bond donors (Lipinski definition) is 0. The predicted octanol–water partition coefficient (Wildman–Crippen LogP) is 1.25. The summed E-state index contributed by atoms with van der Waals surface area (Å²) < 4.78 is 33.3. The van der Waals surface area contributed by atoms with Gasteiger partial charge < -0.3 is 28.4 Å². The third kappa shape index (κ3) is 4.67. The average molecular weight is 394 g/mol. The van der Waals surface area contributed by atoms with Crippen molar-refractivity contribution >= 4 is 17.9 Å². The lowest BCUT2D eigenvalue weighted by Crippen LogP contribution is -2.64. The zero-order valence-corrected chi connectivity index (χ0v) is 15.7. The lowest BCUT2D eigenvalue weighted by Gasteiger charge is -2.47. The van der Waals surface area contributed by atoms with Crippen LogP contribution in [-0.2, 0) is 42.8 Å². The summed E-state index contributed by atoms with van der Waals surface area (Å²) in [5, 5.41) is 0. The lowest BCUT2D eigenvalue weighted by atomic mass is 9.97. The van der Waals surface area contributed by atoms with Crippen molar-refractivity contribution in [1.82, 2.24) is 0 Å². The molecule has 2 aliphatic rings. The van der Waals surface area contributed by atoms with E-state index < -0.39 is 54.9 Å². The Balaban J connectivity index is 1.88. The van der Waals surface area contributed by atoms with Crippen molar-refractivity contribution in [3.05, 3.63) is 35.9 Å². The normalized spacial score (nSPS) is 32.0. The largest absolute Gasteiger partial charge is 0.455 e. The van der Waals surface area contributed by atoms with Crippen molar-refractivity contribution < 1.29 is 42.8 Å². The smallest absolute Gasteiger partial charge is 0.305 e. The Labute approximate surface area is 161 Å². The van der Waals surface area contributed by atoms with Gasteiger partial charge in [-0.25, -0.2) is 0 Å². The molecule has 28 heavy (non-hydrogen) atoms. The van der Waals surface area contributed by atoms with Crippen LogP contribution in [0.2, 0.25) is 0 Å². The molecule has 3 rings (SSSR count). The van der Waals surface area contributed by atoms with Crippen molar-refractivity contribution in [2.75, 3.05) is 6.61 Å². The first-order valence-corrected chi connectivity index (χ1v) is 8.84. The fraction of sp³-hybridized carbons (Fsp3) is 0.526. The van der Waals surface area contributed by atoms with Crippen LogP contribution in [0.1, 0.15) is 32.6 Å². The molecule has 152 valence electrons. The van der Waals surface area contributed by atoms with Crippen LogP contribution in [0, 0.1) is 0 Å². The van der Waals surface area contributed by atoms with Gasteiger partial charge in [0.15, 0.2) is 12.4 Å². The molecule has 1 aromatic rings. The fourth-order valence-corrected chi connectivity index (χ4v) is 3.23. The van der Waals surface area contributed by atoms with Crippen molar-refractivity contribution in [3.63, 3.8) is 0 Å². The summed E-state index contributed by atoms with van der Waals surface area (Å²) in [6.45, 7) is 3.72. The number of fused-ring (bicyclic) bond motifs is 1. The van der Waals surface area contributed by atoms with E-state index in [-0.39, 0.29) is 6.61 Å². The topological polar surface area (TPSA) is 107 Å². The Morgan fingerprint density at radius 1 is 0.857 bits per heavy atom. The summed E-state index contributed by atoms with van der Waals surface area (Å²) in [5.41, 5.74) is 0.772. The first-order chi connectivity index (χ1) is 13.3. The molecular formula is C19H22O9. The van der Waals surface area contributed by atoms with Gasteiger partial charge in [-0.05, 0) is 0 Å². The highest BCUT2D eigenvalue weighted by molar-refractivity contribution is 5.68. The summed E-state index contributed by atoms with van der Waals surface area (Å²) >= 11 is 0. The zero-order valence-electron chi connectivity index (χ0n) is 15.7. The summed E-state index contributed by atoms with van der Waals surface area (Å²) in [7, 11) is 0. The molecule has 0 bridgehead atoms. The highest BCUT2D eigenvalue weighted by atomic mass is 16.8. The highest BCUT2D eigenvalue weighted by Gasteiger charge is 2.54. The van der Waals surface area contributed by atoms with Gasteiger partial charge in [-0.2, -0.15) is 0 Å². The molecule has 2 saturated heterocycles. The van der Waals surface area contributed by atoms with E-state index >= 15 is 0 Å². The van der Waals surface area contributed by atoms with Gasteiger partial charge in [-0.1, -0.05) is 30.3 Å². The summed E-state index contributed by atoms with van der Waals surface area (Å²) in [4.78, 5) is 34.8. The molecule has 0 amide bonds. The van der Waals surface area contributed by atoms with Crippen molar-refractivity contribution in [1.29, 1.82) is 0 Å². The van der Waals surface area contributed by atoms with Crippen LogP contribution in [0.5, 0.6) is 0 Å². The molecule has 0 aromatic heterocycles. The van der Waals surface area contributed by atoms with Crippen LogP contribution < -0.4 is 0 Å². The van der Waals surface area contributed by atoms with E-state index in [1.54, 1.807) is 0 Å². The fourth-order valence-electron chi connectivity index (χ4n) is 3.23. The second-order valence-corrected chi connectivity index (χ2v) is 6.48. The third-order valence-electron chi connectivity index (χ3n) is 4.24. The number of esters is 3. The van der Waals surface area contributed by atoms with Gasteiger partial charge >= 0.3 is 17.9 Å². The Bertz CT molecular complexity index is 719. The first-order valence-electron chi connectivity index (χ1n) is 8.84. The van der Waals surface area contributed by atoms with Gasteiger partial charge in [-0.15, -0.1) is 0 Å². The molecular weight excluding hydrogens is 372 g/mol. The summed E-state index contributed by atoms with van der Waals surface area (Å²) in [6, 6.07) is 9.21. The standard InChI is InChI=1S/C19H22O9/c1-10(20)24-16-15-14(9-23-18(28-15)13-7-5-4-6-8-13)27-19(26-12(3)22)17(16)25-11(2)21/h4-8,14-19H,9H2,1-3H3/t14-,15-,16+,17+,18?,19+/m1/s1. The van der Waals surface area contributed by atoms with Crippen molar-refractivity contribution in [2.45, 2.75) is 57.8 Å². The van der Waals surface area contributed by atoms with E-state index in [1.807, 2.05) is 30.3 Å². The summed E-state index contributed by atoms with van der Waals surface area (Å²) in [5.74, 6) is -1.88. The van der Waals surface area contributed by atoms with Crippen LogP contribution in [0.3, 0.4) is 0 Å². The van der Waals surface area contributed by atoms with Gasteiger partial charge in [0.05, 0.1) is 6.61 Å². The van der Waals surface area contributed by atoms with Crippen LogP contribution in [-0.4, -0.2) is 55.2 Å². The molecule has 2 fully saturated rings. The zero-order chi connectivity index (χ0) is 20.3. The Morgan fingerprint density at radius 3 is 2.07 bits per heavy atom. The molecule has 0 N–H and O–H groups in total. The Morgan fingerprint density at radius 2 is 1.46 bits per heavy atom. The molecule has 1 unspecified atom stereocenters. The molecule has 0 saturated carbocycles. The van der Waals surface area contributed by atoms with E-state index in [0.29, 0.717) is 0 Å². The number of carbonyl (C=O) groups excluding carboxylic acids is 3. The van der Waals surface area contributed by atoms with Gasteiger partial charge in [0.25, 0.3) is 0 Å². The van der Waals surface area contributed by atoms with Crippen LogP contribution in [0.25, 0.3) is 0 Å². The quantitative estimate of drug-likeness (QED) is 0.551. The Kier molecular flexibility index (Phi) is 6.28. The highest BCUT2D eigenvalue weighted by Crippen LogP contribution is 2.36. The minimum atomic E-state index is -1.26. The van der Waals surface area contributed by atoms with Crippen LogP contribution in [0.4, 0.5) is 0 Å². The minimum Gasteiger partial charge on any atom is -0.455 e. The van der Waals surface area contributed by atoms with E-state index in [4.69, 9.17) is 28.4 Å². The maximum atomic E-state index is 11.7. The van der Waals surface area contributed by atoms with E-state index in [2.05, 4.69) is 0 Å². The third-order valence-corrected chi connectivity index (χ3v) is 4.24. The van der Waals surface area contributed by atoms with Gasteiger partial charge in [0, 0.05) is 26.3 Å². The van der Waals surface area contributed by atoms with Crippen molar-refractivity contribution in [2.24, 2.45) is 0 Å². The van der Waals surface area contributed by atoms with E-state index in [9.17, 15) is 14.4 Å². The second kappa shape index (κ2) is 8.68. The van der Waals surface area contributed by atoms with Crippen LogP contribution in [0.15, 0.2) is 30.3 Å². The van der Waals surface area contributed by atoms with Gasteiger partial charge in [0.2, 0.25) is 12.4 Å². The maximum Gasteiger partial charge on any atom is 0.305 e.